The number of hydrogen-bond donors (Lipinski definition) is 1. The predicted molar refractivity (Wildman–Crippen MR) is 55.1 cm³/mol. The van der Waals surface area contributed by atoms with Crippen LogP contribution in [0.15, 0.2) is 12.2 Å². The number of carbonyl (C=O) groups is 1. The lowest BCUT2D eigenvalue weighted by atomic mass is 10.3. The van der Waals surface area contributed by atoms with Gasteiger partial charge >= 0.3 is 5.97 Å². The smallest absolute Gasteiger partial charge is 0.330 e. The van der Waals surface area contributed by atoms with Gasteiger partial charge in [0.15, 0.2) is 0 Å². The summed E-state index contributed by atoms with van der Waals surface area (Å²) in [5.41, 5.74) is 0. The molecule has 4 heteroatoms. The van der Waals surface area contributed by atoms with Crippen molar-refractivity contribution in [2.45, 2.75) is 6.92 Å². The number of carbonyl (C=O) groups excluding carboxylic acids is 1. The van der Waals surface area contributed by atoms with Crippen LogP contribution < -0.4 is 5.32 Å². The van der Waals surface area contributed by atoms with E-state index in [4.69, 9.17) is 4.74 Å². The maximum atomic E-state index is 10.9. The monoisotopic (exact) mass is 198 g/mol. The standard InChI is InChI=1S/C10H18N2O2/c1-2-14-10(13)4-3-7-12-8-5-11-6-9-12/h3-4,11H,2,5-9H2,1H3. The van der Waals surface area contributed by atoms with Crippen molar-refractivity contribution in [3.05, 3.63) is 12.2 Å². The third-order valence-electron chi connectivity index (χ3n) is 2.11. The quantitative estimate of drug-likeness (QED) is 0.510. The maximum absolute atomic E-state index is 10.9. The average Bonchev–Trinajstić information content (AvgIpc) is 2.20. The lowest BCUT2D eigenvalue weighted by Crippen LogP contribution is -2.43. The van der Waals surface area contributed by atoms with Crippen molar-refractivity contribution >= 4 is 5.97 Å². The molecule has 80 valence electrons. The van der Waals surface area contributed by atoms with E-state index >= 15 is 0 Å². The van der Waals surface area contributed by atoms with Crippen LogP contribution in [-0.2, 0) is 9.53 Å². The van der Waals surface area contributed by atoms with Crippen LogP contribution in [-0.4, -0.2) is 50.2 Å². The third-order valence-corrected chi connectivity index (χ3v) is 2.11. The lowest BCUT2D eigenvalue weighted by Gasteiger charge is -2.25. The van der Waals surface area contributed by atoms with Gasteiger partial charge in [-0.15, -0.1) is 0 Å². The summed E-state index contributed by atoms with van der Waals surface area (Å²) in [6.07, 6.45) is 3.37. The molecule has 14 heavy (non-hydrogen) atoms. The molecule has 1 saturated heterocycles. The molecule has 1 fully saturated rings. The Morgan fingerprint density at radius 1 is 1.50 bits per heavy atom. The third kappa shape index (κ3) is 4.39. The van der Waals surface area contributed by atoms with Gasteiger partial charge in [0.1, 0.15) is 0 Å². The molecule has 0 aromatic rings. The highest BCUT2D eigenvalue weighted by atomic mass is 16.5. The molecule has 1 N–H and O–H groups in total. The zero-order chi connectivity index (χ0) is 10.2. The van der Waals surface area contributed by atoms with Gasteiger partial charge in [-0.05, 0) is 6.92 Å². The second kappa shape index (κ2) is 6.56. The van der Waals surface area contributed by atoms with Gasteiger partial charge < -0.3 is 10.1 Å². The fourth-order valence-corrected chi connectivity index (χ4v) is 1.38. The predicted octanol–water partition coefficient (Wildman–Crippen LogP) is 0.0109. The molecule has 0 bridgehead atoms. The number of nitrogens with one attached hydrogen (secondary N) is 1. The molecule has 0 radical (unpaired) electrons. The van der Waals surface area contributed by atoms with Crippen LogP contribution >= 0.6 is 0 Å². The largest absolute Gasteiger partial charge is 0.463 e. The van der Waals surface area contributed by atoms with Crippen molar-refractivity contribution in [2.75, 3.05) is 39.3 Å². The number of ether oxygens (including phenoxy) is 1. The summed E-state index contributed by atoms with van der Waals surface area (Å²) in [5, 5.41) is 3.28. The highest BCUT2D eigenvalue weighted by molar-refractivity contribution is 5.81. The first-order valence-electron chi connectivity index (χ1n) is 5.09. The Bertz CT molecular complexity index is 198. The normalized spacial score (nSPS) is 18.6. The molecule has 0 unspecified atom stereocenters. The summed E-state index contributed by atoms with van der Waals surface area (Å²) in [6.45, 7) is 7.25. The van der Waals surface area contributed by atoms with Gasteiger partial charge in [-0.25, -0.2) is 4.79 Å². The fraction of sp³-hybridized carbons (Fsp3) is 0.700. The topological polar surface area (TPSA) is 41.6 Å². The average molecular weight is 198 g/mol. The van der Waals surface area contributed by atoms with Gasteiger partial charge in [-0.3, -0.25) is 4.90 Å². The second-order valence-corrected chi connectivity index (χ2v) is 3.21. The first-order valence-corrected chi connectivity index (χ1v) is 5.09. The molecule has 0 saturated carbocycles. The minimum Gasteiger partial charge on any atom is -0.463 e. The first-order chi connectivity index (χ1) is 6.83. The maximum Gasteiger partial charge on any atom is 0.330 e. The van der Waals surface area contributed by atoms with E-state index in [1.807, 2.05) is 13.0 Å². The molecule has 0 aromatic heterocycles. The number of hydrogen-bond acceptors (Lipinski definition) is 4. The fourth-order valence-electron chi connectivity index (χ4n) is 1.38. The van der Waals surface area contributed by atoms with Crippen LogP contribution in [0, 0.1) is 0 Å². The van der Waals surface area contributed by atoms with Crippen molar-refractivity contribution in [3.63, 3.8) is 0 Å². The molecule has 1 aliphatic rings. The molecule has 0 aliphatic carbocycles. The van der Waals surface area contributed by atoms with Crippen molar-refractivity contribution in [1.29, 1.82) is 0 Å². The van der Waals surface area contributed by atoms with E-state index in [2.05, 4.69) is 10.2 Å². The van der Waals surface area contributed by atoms with E-state index in [0.29, 0.717) is 6.61 Å². The number of esters is 1. The SMILES string of the molecule is CCOC(=O)C=CCN1CCNCC1. The minimum atomic E-state index is -0.248. The summed E-state index contributed by atoms with van der Waals surface area (Å²) in [7, 11) is 0. The summed E-state index contributed by atoms with van der Waals surface area (Å²) < 4.78 is 4.77. The van der Waals surface area contributed by atoms with Crippen LogP contribution in [0.4, 0.5) is 0 Å². The van der Waals surface area contributed by atoms with Crippen molar-refractivity contribution in [2.24, 2.45) is 0 Å². The highest BCUT2D eigenvalue weighted by Crippen LogP contribution is 1.92. The first kappa shape index (κ1) is 11.2. The minimum absolute atomic E-state index is 0.248. The van der Waals surface area contributed by atoms with Crippen LogP contribution in [0.2, 0.25) is 0 Å². The Labute approximate surface area is 84.9 Å². The molecule has 0 aromatic carbocycles. The number of piperazine rings is 1. The number of rotatable bonds is 4. The molecule has 1 aliphatic heterocycles. The Morgan fingerprint density at radius 2 is 2.21 bits per heavy atom. The van der Waals surface area contributed by atoms with Gasteiger partial charge in [-0.1, -0.05) is 6.08 Å². The Hall–Kier alpha value is -0.870. The Kier molecular flexibility index (Phi) is 5.25. The summed E-state index contributed by atoms with van der Waals surface area (Å²) >= 11 is 0. The van der Waals surface area contributed by atoms with Crippen LogP contribution in [0.1, 0.15) is 6.92 Å². The molecular weight excluding hydrogens is 180 g/mol. The van der Waals surface area contributed by atoms with Crippen LogP contribution in [0.3, 0.4) is 0 Å². The zero-order valence-electron chi connectivity index (χ0n) is 8.66. The van der Waals surface area contributed by atoms with Crippen LogP contribution in [0.25, 0.3) is 0 Å². The van der Waals surface area contributed by atoms with E-state index in [1.54, 1.807) is 0 Å². The summed E-state index contributed by atoms with van der Waals surface area (Å²) in [6, 6.07) is 0. The second-order valence-electron chi connectivity index (χ2n) is 3.21. The zero-order valence-corrected chi connectivity index (χ0v) is 8.66. The molecule has 0 amide bonds. The Balaban J connectivity index is 2.14. The summed E-state index contributed by atoms with van der Waals surface area (Å²) in [5.74, 6) is -0.248. The van der Waals surface area contributed by atoms with Crippen molar-refractivity contribution < 1.29 is 9.53 Å². The van der Waals surface area contributed by atoms with Gasteiger partial charge in [0.25, 0.3) is 0 Å². The Morgan fingerprint density at radius 3 is 2.86 bits per heavy atom. The highest BCUT2D eigenvalue weighted by Gasteiger charge is 2.06. The van der Waals surface area contributed by atoms with Gasteiger partial charge in [0.2, 0.25) is 0 Å². The van der Waals surface area contributed by atoms with Crippen LogP contribution in [0.5, 0.6) is 0 Å². The lowest BCUT2D eigenvalue weighted by molar-refractivity contribution is -0.137. The molecule has 0 atom stereocenters. The van der Waals surface area contributed by atoms with Gasteiger partial charge in [0.05, 0.1) is 6.61 Å². The van der Waals surface area contributed by atoms with E-state index in [0.717, 1.165) is 32.7 Å². The van der Waals surface area contributed by atoms with Gasteiger partial charge in [-0.2, -0.15) is 0 Å². The number of nitrogens with zero attached hydrogens (tertiary/aromatic N) is 1. The molecule has 1 rings (SSSR count). The van der Waals surface area contributed by atoms with Gasteiger partial charge in [0, 0.05) is 38.8 Å². The van der Waals surface area contributed by atoms with Crippen molar-refractivity contribution in [3.8, 4) is 0 Å². The van der Waals surface area contributed by atoms with E-state index < -0.39 is 0 Å². The van der Waals surface area contributed by atoms with E-state index in [-0.39, 0.29) is 5.97 Å². The molecular formula is C10H18N2O2. The molecule has 1 heterocycles. The summed E-state index contributed by atoms with van der Waals surface area (Å²) in [4.78, 5) is 13.2. The van der Waals surface area contributed by atoms with Crippen molar-refractivity contribution in [1.82, 2.24) is 10.2 Å². The molecule has 0 spiro atoms. The van der Waals surface area contributed by atoms with E-state index in [1.165, 1.54) is 6.08 Å². The molecule has 4 nitrogen and oxygen atoms in total. The van der Waals surface area contributed by atoms with E-state index in [9.17, 15) is 4.79 Å².